The zero-order chi connectivity index (χ0) is 12.4. The third-order valence-electron chi connectivity index (χ3n) is 4.35. The van der Waals surface area contributed by atoms with Crippen LogP contribution in [0.15, 0.2) is 0 Å². The Labute approximate surface area is 105 Å². The molecule has 0 aromatic carbocycles. The molecule has 17 heavy (non-hydrogen) atoms. The fraction of sp³-hybridized carbons (Fsp3) is 1.00. The third kappa shape index (κ3) is 3.94. The largest absolute Gasteiger partial charge is 0.388 e. The lowest BCUT2D eigenvalue weighted by Crippen LogP contribution is -2.49. The molecule has 3 heteroatoms. The Morgan fingerprint density at radius 2 is 1.94 bits per heavy atom. The summed E-state index contributed by atoms with van der Waals surface area (Å²) >= 11 is 0. The van der Waals surface area contributed by atoms with Gasteiger partial charge in [0, 0.05) is 38.6 Å². The molecule has 0 bridgehead atoms. The highest BCUT2D eigenvalue weighted by atomic mass is 16.5. The molecule has 2 N–H and O–H groups in total. The summed E-state index contributed by atoms with van der Waals surface area (Å²) in [4.78, 5) is 0. The highest BCUT2D eigenvalue weighted by molar-refractivity contribution is 4.88. The van der Waals surface area contributed by atoms with E-state index in [1.54, 1.807) is 0 Å². The summed E-state index contributed by atoms with van der Waals surface area (Å²) in [5, 5.41) is 14.0. The van der Waals surface area contributed by atoms with Crippen molar-refractivity contribution >= 4 is 0 Å². The number of nitrogens with one attached hydrogen (secondary N) is 1. The van der Waals surface area contributed by atoms with E-state index in [-0.39, 0.29) is 0 Å². The summed E-state index contributed by atoms with van der Waals surface area (Å²) in [6.07, 6.45) is 6.69. The van der Waals surface area contributed by atoms with Crippen LogP contribution in [0.1, 0.15) is 52.4 Å². The SMILES string of the molecule is CC1(C)CCCC(NCC2(O)CCOCC2)C1. The molecule has 1 aliphatic carbocycles. The van der Waals surface area contributed by atoms with E-state index in [0.29, 0.717) is 24.7 Å². The van der Waals surface area contributed by atoms with Gasteiger partial charge in [0.1, 0.15) is 0 Å². The molecule has 2 rings (SSSR count). The molecular formula is C14H27NO2. The van der Waals surface area contributed by atoms with Gasteiger partial charge in [-0.05, 0) is 24.7 Å². The molecule has 0 aromatic heterocycles. The Balaban J connectivity index is 1.77. The van der Waals surface area contributed by atoms with Crippen molar-refractivity contribution in [1.29, 1.82) is 0 Å². The summed E-state index contributed by atoms with van der Waals surface area (Å²) in [7, 11) is 0. The van der Waals surface area contributed by atoms with Crippen molar-refractivity contribution < 1.29 is 9.84 Å². The smallest absolute Gasteiger partial charge is 0.0815 e. The molecule has 1 unspecified atom stereocenters. The Bertz CT molecular complexity index is 247. The van der Waals surface area contributed by atoms with E-state index in [1.807, 2.05) is 0 Å². The minimum absolute atomic E-state index is 0.466. The molecule has 3 nitrogen and oxygen atoms in total. The zero-order valence-corrected chi connectivity index (χ0v) is 11.3. The fourth-order valence-electron chi connectivity index (χ4n) is 3.13. The lowest BCUT2D eigenvalue weighted by atomic mass is 9.75. The maximum atomic E-state index is 10.4. The molecule has 2 aliphatic rings. The van der Waals surface area contributed by atoms with E-state index in [2.05, 4.69) is 19.2 Å². The quantitative estimate of drug-likeness (QED) is 0.795. The van der Waals surface area contributed by atoms with Crippen molar-refractivity contribution in [1.82, 2.24) is 5.32 Å². The molecule has 1 heterocycles. The van der Waals surface area contributed by atoms with E-state index in [0.717, 1.165) is 19.4 Å². The molecule has 0 radical (unpaired) electrons. The van der Waals surface area contributed by atoms with Gasteiger partial charge < -0.3 is 15.2 Å². The van der Waals surface area contributed by atoms with E-state index in [4.69, 9.17) is 4.74 Å². The van der Waals surface area contributed by atoms with Gasteiger partial charge in [0.2, 0.25) is 0 Å². The normalized spacial score (nSPS) is 32.3. The number of rotatable bonds is 3. The van der Waals surface area contributed by atoms with Crippen LogP contribution in [0.2, 0.25) is 0 Å². The van der Waals surface area contributed by atoms with E-state index in [1.165, 1.54) is 25.7 Å². The summed E-state index contributed by atoms with van der Waals surface area (Å²) in [5.41, 5.74) is -0.0615. The Kier molecular flexibility index (Phi) is 4.11. The second-order valence-corrected chi connectivity index (χ2v) is 6.68. The summed E-state index contributed by atoms with van der Waals surface area (Å²) in [6.45, 7) is 6.84. The molecule has 0 spiro atoms. The molecule has 1 atom stereocenters. The van der Waals surface area contributed by atoms with Crippen LogP contribution in [0, 0.1) is 5.41 Å². The fourth-order valence-corrected chi connectivity index (χ4v) is 3.13. The summed E-state index contributed by atoms with van der Waals surface area (Å²) in [6, 6.07) is 0.589. The van der Waals surface area contributed by atoms with Gasteiger partial charge in [-0.3, -0.25) is 0 Å². The van der Waals surface area contributed by atoms with Crippen LogP contribution < -0.4 is 5.32 Å². The first-order chi connectivity index (χ1) is 7.99. The number of ether oxygens (including phenoxy) is 1. The van der Waals surface area contributed by atoms with Gasteiger partial charge in [-0.25, -0.2) is 0 Å². The van der Waals surface area contributed by atoms with Gasteiger partial charge in [0.05, 0.1) is 5.60 Å². The summed E-state index contributed by atoms with van der Waals surface area (Å²) in [5.74, 6) is 0. The number of hydrogen-bond acceptors (Lipinski definition) is 3. The Hall–Kier alpha value is -0.120. The van der Waals surface area contributed by atoms with Gasteiger partial charge in [0.25, 0.3) is 0 Å². The molecule has 1 saturated heterocycles. The van der Waals surface area contributed by atoms with Gasteiger partial charge in [0.15, 0.2) is 0 Å². The van der Waals surface area contributed by atoms with Crippen LogP contribution >= 0.6 is 0 Å². The lowest BCUT2D eigenvalue weighted by Gasteiger charge is -2.38. The first-order valence-electron chi connectivity index (χ1n) is 7.03. The van der Waals surface area contributed by atoms with Crippen molar-refractivity contribution in [2.45, 2.75) is 64.0 Å². The van der Waals surface area contributed by atoms with Gasteiger partial charge in [-0.1, -0.05) is 20.3 Å². The van der Waals surface area contributed by atoms with Crippen LogP contribution in [0.25, 0.3) is 0 Å². The molecule has 100 valence electrons. The van der Waals surface area contributed by atoms with Crippen molar-refractivity contribution in [2.24, 2.45) is 5.41 Å². The maximum absolute atomic E-state index is 10.4. The highest BCUT2D eigenvalue weighted by Crippen LogP contribution is 2.35. The number of hydrogen-bond donors (Lipinski definition) is 2. The van der Waals surface area contributed by atoms with Crippen molar-refractivity contribution in [3.8, 4) is 0 Å². The maximum Gasteiger partial charge on any atom is 0.0815 e. The topological polar surface area (TPSA) is 41.5 Å². The van der Waals surface area contributed by atoms with E-state index < -0.39 is 5.60 Å². The van der Waals surface area contributed by atoms with Crippen LogP contribution in [0.3, 0.4) is 0 Å². The van der Waals surface area contributed by atoms with E-state index in [9.17, 15) is 5.11 Å². The molecule has 1 saturated carbocycles. The molecule has 1 aliphatic heterocycles. The molecule has 2 fully saturated rings. The third-order valence-corrected chi connectivity index (χ3v) is 4.35. The van der Waals surface area contributed by atoms with Crippen molar-refractivity contribution in [2.75, 3.05) is 19.8 Å². The first kappa shape index (κ1) is 13.3. The zero-order valence-electron chi connectivity index (χ0n) is 11.3. The lowest BCUT2D eigenvalue weighted by molar-refractivity contribution is -0.0638. The Morgan fingerprint density at radius 1 is 1.24 bits per heavy atom. The predicted octanol–water partition coefficient (Wildman–Crippen LogP) is 2.09. The highest BCUT2D eigenvalue weighted by Gasteiger charge is 2.32. The van der Waals surface area contributed by atoms with Crippen LogP contribution in [0.5, 0.6) is 0 Å². The predicted molar refractivity (Wildman–Crippen MR) is 69.0 cm³/mol. The van der Waals surface area contributed by atoms with Crippen LogP contribution in [-0.4, -0.2) is 36.5 Å². The second-order valence-electron chi connectivity index (χ2n) is 6.68. The van der Waals surface area contributed by atoms with Crippen LogP contribution in [0.4, 0.5) is 0 Å². The molecule has 0 amide bonds. The summed E-state index contributed by atoms with van der Waals surface area (Å²) < 4.78 is 5.30. The van der Waals surface area contributed by atoms with E-state index >= 15 is 0 Å². The second kappa shape index (κ2) is 5.25. The minimum atomic E-state index is -0.528. The molecule has 0 aromatic rings. The molecular weight excluding hydrogens is 214 g/mol. The number of aliphatic hydroxyl groups is 1. The Morgan fingerprint density at radius 3 is 2.59 bits per heavy atom. The first-order valence-corrected chi connectivity index (χ1v) is 7.03. The standard InChI is InChI=1S/C14H27NO2/c1-13(2)5-3-4-12(10-13)15-11-14(16)6-8-17-9-7-14/h12,15-16H,3-11H2,1-2H3. The average molecular weight is 241 g/mol. The van der Waals surface area contributed by atoms with Crippen molar-refractivity contribution in [3.63, 3.8) is 0 Å². The van der Waals surface area contributed by atoms with Crippen LogP contribution in [-0.2, 0) is 4.74 Å². The van der Waals surface area contributed by atoms with Crippen molar-refractivity contribution in [3.05, 3.63) is 0 Å². The minimum Gasteiger partial charge on any atom is -0.388 e. The van der Waals surface area contributed by atoms with Gasteiger partial charge in [-0.2, -0.15) is 0 Å². The monoisotopic (exact) mass is 241 g/mol. The van der Waals surface area contributed by atoms with Gasteiger partial charge >= 0.3 is 0 Å². The average Bonchev–Trinajstić information content (AvgIpc) is 2.26. The van der Waals surface area contributed by atoms with Gasteiger partial charge in [-0.15, -0.1) is 0 Å².